The van der Waals surface area contributed by atoms with Crippen molar-refractivity contribution in [2.24, 2.45) is 0 Å². The van der Waals surface area contributed by atoms with Crippen LogP contribution in [0.15, 0.2) is 52.5 Å². The molecule has 0 radical (unpaired) electrons. The van der Waals surface area contributed by atoms with Gasteiger partial charge in [-0.25, -0.2) is 0 Å². The van der Waals surface area contributed by atoms with Crippen LogP contribution in [-0.2, 0) is 9.59 Å². The Morgan fingerprint density at radius 3 is 2.29 bits per heavy atom. The smallest absolute Gasteiger partial charge is 0.300 e. The van der Waals surface area contributed by atoms with E-state index in [1.165, 1.54) is 49.5 Å². The number of halogens is 2. The second kappa shape index (κ2) is 9.37. The molecule has 2 heterocycles. The Kier molecular flexibility index (Phi) is 6.48. The van der Waals surface area contributed by atoms with Crippen LogP contribution in [-0.4, -0.2) is 31.0 Å². The standard InChI is InChI=1S/C25H18Cl2N2O6/c1-12-4-9-17(35-12)20-18(21(30)15-10-16(26)24(34-3)19(27)23(15)33-2)22(31)25(32)29(20)14-7-5-13(11-28)6-8-14/h4-10,20,30H,1-3H3/b21-18+. The predicted molar refractivity (Wildman–Crippen MR) is 129 cm³/mol. The summed E-state index contributed by atoms with van der Waals surface area (Å²) in [5.74, 6) is -1.48. The molecule has 35 heavy (non-hydrogen) atoms. The molecule has 0 saturated carbocycles. The lowest BCUT2D eigenvalue weighted by molar-refractivity contribution is -0.132. The molecule has 1 fully saturated rings. The molecular weight excluding hydrogens is 495 g/mol. The van der Waals surface area contributed by atoms with E-state index < -0.39 is 23.5 Å². The summed E-state index contributed by atoms with van der Waals surface area (Å²) in [7, 11) is 2.70. The summed E-state index contributed by atoms with van der Waals surface area (Å²) in [6, 6.07) is 11.6. The number of carbonyl (C=O) groups excluding carboxylic acids is 2. The number of methoxy groups -OCH3 is 2. The molecule has 1 aromatic heterocycles. The quantitative estimate of drug-likeness (QED) is 0.276. The maximum Gasteiger partial charge on any atom is 0.300 e. The van der Waals surface area contributed by atoms with Crippen LogP contribution in [0.3, 0.4) is 0 Å². The number of anilines is 1. The number of carbonyl (C=O) groups is 2. The van der Waals surface area contributed by atoms with Gasteiger partial charge in [0.05, 0.1) is 42.0 Å². The first-order valence-corrected chi connectivity index (χ1v) is 11.0. The largest absolute Gasteiger partial charge is 0.507 e. The monoisotopic (exact) mass is 512 g/mol. The van der Waals surface area contributed by atoms with E-state index in [0.29, 0.717) is 17.0 Å². The summed E-state index contributed by atoms with van der Waals surface area (Å²) < 4.78 is 16.3. The van der Waals surface area contributed by atoms with Crippen molar-refractivity contribution in [1.29, 1.82) is 5.26 Å². The first-order chi connectivity index (χ1) is 16.7. The fraction of sp³-hybridized carbons (Fsp3) is 0.160. The predicted octanol–water partition coefficient (Wildman–Crippen LogP) is 5.41. The number of furan rings is 1. The van der Waals surface area contributed by atoms with Crippen molar-refractivity contribution in [3.63, 3.8) is 0 Å². The highest BCUT2D eigenvalue weighted by Crippen LogP contribution is 2.48. The van der Waals surface area contributed by atoms with Gasteiger partial charge in [0.2, 0.25) is 0 Å². The van der Waals surface area contributed by atoms with Crippen molar-refractivity contribution >= 4 is 46.3 Å². The lowest BCUT2D eigenvalue weighted by atomic mass is 9.98. The number of rotatable bonds is 5. The number of nitrogens with zero attached hydrogens (tertiary/aromatic N) is 2. The van der Waals surface area contributed by atoms with Crippen LogP contribution in [0.2, 0.25) is 10.0 Å². The van der Waals surface area contributed by atoms with Crippen LogP contribution >= 0.6 is 23.2 Å². The molecule has 1 N–H and O–H groups in total. The van der Waals surface area contributed by atoms with Crippen molar-refractivity contribution in [2.75, 3.05) is 19.1 Å². The SMILES string of the molecule is COc1c(Cl)cc(/C(O)=C2\C(=O)C(=O)N(c3ccc(C#N)cc3)C2c2ccc(C)o2)c(OC)c1Cl. The van der Waals surface area contributed by atoms with Crippen LogP contribution in [0.4, 0.5) is 5.69 Å². The molecule has 1 aliphatic heterocycles. The van der Waals surface area contributed by atoms with E-state index in [2.05, 4.69) is 0 Å². The molecular formula is C25H18Cl2N2O6. The second-order valence-corrected chi connectivity index (χ2v) is 8.35. The molecule has 8 nitrogen and oxygen atoms in total. The van der Waals surface area contributed by atoms with Crippen LogP contribution < -0.4 is 14.4 Å². The molecule has 4 rings (SSSR count). The summed E-state index contributed by atoms with van der Waals surface area (Å²) in [6.45, 7) is 1.71. The number of nitriles is 1. The van der Waals surface area contributed by atoms with Gasteiger partial charge in [-0.15, -0.1) is 0 Å². The van der Waals surface area contributed by atoms with Crippen molar-refractivity contribution < 1.29 is 28.6 Å². The van der Waals surface area contributed by atoms with Gasteiger partial charge in [0, 0.05) is 5.69 Å². The van der Waals surface area contributed by atoms with Crippen LogP contribution in [0.5, 0.6) is 11.5 Å². The third kappa shape index (κ3) is 3.99. The Balaban J connectivity index is 1.99. The maximum atomic E-state index is 13.3. The number of amides is 1. The first-order valence-electron chi connectivity index (χ1n) is 10.2. The zero-order valence-electron chi connectivity index (χ0n) is 18.8. The van der Waals surface area contributed by atoms with Crippen LogP contribution in [0.25, 0.3) is 5.76 Å². The lowest BCUT2D eigenvalue weighted by Crippen LogP contribution is -2.29. The number of ketones is 1. The third-order valence-corrected chi connectivity index (χ3v) is 6.17. The summed E-state index contributed by atoms with van der Waals surface area (Å²) in [5.41, 5.74) is 0.462. The van der Waals surface area contributed by atoms with Gasteiger partial charge in [-0.2, -0.15) is 5.26 Å². The van der Waals surface area contributed by atoms with E-state index >= 15 is 0 Å². The Morgan fingerprint density at radius 1 is 1.09 bits per heavy atom. The lowest BCUT2D eigenvalue weighted by Gasteiger charge is -2.23. The number of aryl methyl sites for hydroxylation is 1. The molecule has 10 heteroatoms. The van der Waals surface area contributed by atoms with Crippen molar-refractivity contribution in [2.45, 2.75) is 13.0 Å². The Hall–Kier alpha value is -3.93. The molecule has 1 unspecified atom stereocenters. The van der Waals surface area contributed by atoms with Gasteiger partial charge in [-0.3, -0.25) is 14.5 Å². The molecule has 3 aromatic rings. The van der Waals surface area contributed by atoms with Crippen molar-refractivity contribution in [1.82, 2.24) is 0 Å². The number of benzene rings is 2. The number of hydrogen-bond acceptors (Lipinski definition) is 7. The molecule has 1 saturated heterocycles. The van der Waals surface area contributed by atoms with Gasteiger partial charge in [-0.1, -0.05) is 23.2 Å². The number of ether oxygens (including phenoxy) is 2. The maximum absolute atomic E-state index is 13.3. The molecule has 0 bridgehead atoms. The van der Waals surface area contributed by atoms with E-state index in [9.17, 15) is 14.7 Å². The number of aliphatic hydroxyl groups is 1. The minimum atomic E-state index is -1.11. The minimum Gasteiger partial charge on any atom is -0.507 e. The van der Waals surface area contributed by atoms with Gasteiger partial charge in [0.1, 0.15) is 28.3 Å². The van der Waals surface area contributed by atoms with Crippen LogP contribution in [0, 0.1) is 18.3 Å². The van der Waals surface area contributed by atoms with Gasteiger partial charge in [-0.05, 0) is 49.4 Å². The van der Waals surface area contributed by atoms with E-state index in [-0.39, 0.29) is 38.4 Å². The highest BCUT2D eigenvalue weighted by atomic mass is 35.5. The van der Waals surface area contributed by atoms with Crippen molar-refractivity contribution in [3.8, 4) is 17.6 Å². The zero-order chi connectivity index (χ0) is 25.4. The zero-order valence-corrected chi connectivity index (χ0v) is 20.3. The summed E-state index contributed by atoms with van der Waals surface area (Å²) >= 11 is 12.7. The highest BCUT2D eigenvalue weighted by Gasteiger charge is 2.48. The van der Waals surface area contributed by atoms with E-state index in [0.717, 1.165) is 0 Å². The van der Waals surface area contributed by atoms with Crippen molar-refractivity contribution in [3.05, 3.63) is 80.7 Å². The molecule has 0 aliphatic carbocycles. The van der Waals surface area contributed by atoms with E-state index in [4.69, 9.17) is 42.4 Å². The van der Waals surface area contributed by atoms with E-state index in [1.54, 1.807) is 19.1 Å². The average molecular weight is 513 g/mol. The molecule has 1 atom stereocenters. The molecule has 0 spiro atoms. The van der Waals surface area contributed by atoms with Gasteiger partial charge >= 0.3 is 0 Å². The Labute approximate surface area is 210 Å². The molecule has 2 aromatic carbocycles. The fourth-order valence-electron chi connectivity index (χ4n) is 3.96. The Bertz CT molecular complexity index is 1420. The highest BCUT2D eigenvalue weighted by molar-refractivity contribution is 6.51. The summed E-state index contributed by atoms with van der Waals surface area (Å²) in [6.07, 6.45) is 0. The topological polar surface area (TPSA) is 113 Å². The third-order valence-electron chi connectivity index (χ3n) is 5.54. The summed E-state index contributed by atoms with van der Waals surface area (Å²) in [5, 5.41) is 20.5. The van der Waals surface area contributed by atoms with Crippen LogP contribution in [0.1, 0.15) is 28.7 Å². The van der Waals surface area contributed by atoms with Gasteiger partial charge in [0.25, 0.3) is 11.7 Å². The molecule has 1 amide bonds. The number of hydrogen-bond donors (Lipinski definition) is 1. The number of Topliss-reactive ketones (excluding diaryl/α,β-unsaturated/α-hetero) is 1. The fourth-order valence-corrected chi connectivity index (χ4v) is 4.64. The number of aliphatic hydroxyl groups excluding tert-OH is 1. The second-order valence-electron chi connectivity index (χ2n) is 7.56. The molecule has 178 valence electrons. The Morgan fingerprint density at radius 2 is 1.74 bits per heavy atom. The summed E-state index contributed by atoms with van der Waals surface area (Å²) in [4.78, 5) is 27.7. The first kappa shape index (κ1) is 24.2. The normalized spacial score (nSPS) is 16.9. The van der Waals surface area contributed by atoms with Gasteiger partial charge < -0.3 is 19.0 Å². The average Bonchev–Trinajstić information content (AvgIpc) is 3.39. The van der Waals surface area contributed by atoms with E-state index in [1.807, 2.05) is 6.07 Å². The minimum absolute atomic E-state index is 0.00404. The molecule has 1 aliphatic rings. The van der Waals surface area contributed by atoms with Gasteiger partial charge in [0.15, 0.2) is 11.5 Å².